The lowest BCUT2D eigenvalue weighted by atomic mass is 10.0. The molecule has 138 valence electrons. The monoisotopic (exact) mass is 378 g/mol. The largest absolute Gasteiger partial charge is 0.481 e. The number of urea groups is 1. The molecular weight excluding hydrogens is 359 g/mol. The van der Waals surface area contributed by atoms with Gasteiger partial charge in [-0.3, -0.25) is 4.79 Å². The van der Waals surface area contributed by atoms with Crippen LogP contribution in [0.3, 0.4) is 0 Å². The number of carbonyl (C=O) groups is 2. The van der Waals surface area contributed by atoms with E-state index in [0.29, 0.717) is 6.42 Å². The van der Waals surface area contributed by atoms with E-state index in [1.807, 2.05) is 30.3 Å². The third kappa shape index (κ3) is 5.74. The molecule has 3 N–H and O–H groups in total. The molecular formula is C19H20ClFN2O3. The number of halogens is 2. The molecule has 2 aromatic carbocycles. The number of benzene rings is 2. The lowest BCUT2D eigenvalue weighted by molar-refractivity contribution is -0.137. The molecule has 0 saturated heterocycles. The summed E-state index contributed by atoms with van der Waals surface area (Å²) >= 11 is 6.03. The molecule has 26 heavy (non-hydrogen) atoms. The van der Waals surface area contributed by atoms with Gasteiger partial charge in [0.25, 0.3) is 0 Å². The molecule has 2 aromatic rings. The number of carboxylic acid groups (broad SMARTS) is 1. The first kappa shape index (κ1) is 19.7. The normalized spacial score (nSPS) is 11.7. The molecule has 1 unspecified atom stereocenters. The Labute approximate surface area is 156 Å². The molecule has 2 amide bonds. The summed E-state index contributed by atoms with van der Waals surface area (Å²) in [7, 11) is 0. The van der Waals surface area contributed by atoms with Crippen molar-refractivity contribution in [1.29, 1.82) is 0 Å². The Morgan fingerprint density at radius 1 is 1.19 bits per heavy atom. The minimum absolute atomic E-state index is 0.0719. The van der Waals surface area contributed by atoms with Crippen LogP contribution < -0.4 is 10.6 Å². The molecule has 0 radical (unpaired) electrons. The Balaban J connectivity index is 2.08. The fourth-order valence-electron chi connectivity index (χ4n) is 2.56. The number of aliphatic carboxylic acids is 1. The third-order valence-corrected chi connectivity index (χ3v) is 4.27. The number of anilines is 1. The Morgan fingerprint density at radius 2 is 1.88 bits per heavy atom. The van der Waals surface area contributed by atoms with Gasteiger partial charge in [-0.15, -0.1) is 0 Å². The van der Waals surface area contributed by atoms with Gasteiger partial charge in [0.05, 0.1) is 10.7 Å². The van der Waals surface area contributed by atoms with E-state index in [1.54, 1.807) is 0 Å². The Kier molecular flexibility index (Phi) is 6.97. The van der Waals surface area contributed by atoms with E-state index in [-0.39, 0.29) is 35.2 Å². The summed E-state index contributed by atoms with van der Waals surface area (Å²) in [5.74, 6) is -1.41. The van der Waals surface area contributed by atoms with E-state index in [9.17, 15) is 14.0 Å². The van der Waals surface area contributed by atoms with Gasteiger partial charge in [-0.2, -0.15) is 0 Å². The van der Waals surface area contributed by atoms with Gasteiger partial charge in [-0.25, -0.2) is 9.18 Å². The first-order valence-electron chi connectivity index (χ1n) is 8.14. The van der Waals surface area contributed by atoms with E-state index in [2.05, 4.69) is 10.6 Å². The molecule has 0 aliphatic carbocycles. The molecule has 0 aromatic heterocycles. The number of carbonyl (C=O) groups excluding carboxylic acids is 1. The van der Waals surface area contributed by atoms with Crippen molar-refractivity contribution < 1.29 is 19.1 Å². The molecule has 0 aliphatic rings. The number of nitrogens with one attached hydrogen (secondary N) is 2. The maximum atomic E-state index is 13.7. The molecule has 0 aliphatic heterocycles. The second kappa shape index (κ2) is 9.20. The van der Waals surface area contributed by atoms with E-state index in [4.69, 9.17) is 16.7 Å². The van der Waals surface area contributed by atoms with Crippen LogP contribution in [0.25, 0.3) is 0 Å². The third-order valence-electron chi connectivity index (χ3n) is 3.95. The Morgan fingerprint density at radius 3 is 2.54 bits per heavy atom. The van der Waals surface area contributed by atoms with Gasteiger partial charge in [-0.05, 0) is 37.5 Å². The summed E-state index contributed by atoms with van der Waals surface area (Å²) in [5.41, 5.74) is 1.40. The van der Waals surface area contributed by atoms with Crippen LogP contribution in [0.15, 0.2) is 42.5 Å². The summed E-state index contributed by atoms with van der Waals surface area (Å²) in [6.45, 7) is 1.52. The highest BCUT2D eigenvalue weighted by molar-refractivity contribution is 6.33. The van der Waals surface area contributed by atoms with Crippen molar-refractivity contribution >= 4 is 29.3 Å². The van der Waals surface area contributed by atoms with Crippen molar-refractivity contribution in [1.82, 2.24) is 5.32 Å². The fraction of sp³-hybridized carbons (Fsp3) is 0.263. The molecule has 0 spiro atoms. The lowest BCUT2D eigenvalue weighted by Crippen LogP contribution is -2.39. The minimum Gasteiger partial charge on any atom is -0.481 e. The van der Waals surface area contributed by atoms with Crippen LogP contribution in [0.1, 0.15) is 24.0 Å². The van der Waals surface area contributed by atoms with Gasteiger partial charge in [0, 0.05) is 18.0 Å². The summed E-state index contributed by atoms with van der Waals surface area (Å²) in [6.07, 6.45) is 0.683. The van der Waals surface area contributed by atoms with Crippen molar-refractivity contribution in [3.8, 4) is 0 Å². The van der Waals surface area contributed by atoms with Crippen LogP contribution in [0.5, 0.6) is 0 Å². The molecule has 0 bridgehead atoms. The van der Waals surface area contributed by atoms with E-state index >= 15 is 0 Å². The number of carboxylic acids is 1. The average Bonchev–Trinajstić information content (AvgIpc) is 2.61. The SMILES string of the molecule is Cc1c(F)ccc(Cl)c1NC(=O)NC(CCC(=O)O)Cc1ccccc1. The van der Waals surface area contributed by atoms with Crippen LogP contribution in [0.4, 0.5) is 14.9 Å². The summed E-state index contributed by atoms with van der Waals surface area (Å²) in [6, 6.07) is 11.1. The summed E-state index contributed by atoms with van der Waals surface area (Å²) in [5, 5.41) is 14.4. The van der Waals surface area contributed by atoms with Crippen LogP contribution in [-0.4, -0.2) is 23.1 Å². The van der Waals surface area contributed by atoms with Gasteiger partial charge < -0.3 is 15.7 Å². The second-order valence-electron chi connectivity index (χ2n) is 5.95. The predicted molar refractivity (Wildman–Crippen MR) is 99.1 cm³/mol. The molecule has 2 rings (SSSR count). The molecule has 1 atom stereocenters. The zero-order chi connectivity index (χ0) is 19.1. The van der Waals surface area contributed by atoms with Crippen LogP contribution in [-0.2, 0) is 11.2 Å². The topological polar surface area (TPSA) is 78.4 Å². The molecule has 0 heterocycles. The van der Waals surface area contributed by atoms with E-state index in [1.165, 1.54) is 19.1 Å². The standard InChI is InChI=1S/C19H20ClFN2O3/c1-12-16(21)9-8-15(20)18(12)23-19(26)22-14(7-10-17(24)25)11-13-5-3-2-4-6-13/h2-6,8-9,14H,7,10-11H2,1H3,(H,24,25)(H2,22,23,26). The van der Waals surface area contributed by atoms with Crippen molar-refractivity contribution in [3.05, 3.63) is 64.4 Å². The van der Waals surface area contributed by atoms with Crippen LogP contribution in [0, 0.1) is 12.7 Å². The van der Waals surface area contributed by atoms with Gasteiger partial charge >= 0.3 is 12.0 Å². The van der Waals surface area contributed by atoms with Gasteiger partial charge in [0.15, 0.2) is 0 Å². The quantitative estimate of drug-likeness (QED) is 0.668. The average molecular weight is 379 g/mol. The molecule has 0 fully saturated rings. The van der Waals surface area contributed by atoms with Gasteiger partial charge in [-0.1, -0.05) is 41.9 Å². The second-order valence-corrected chi connectivity index (χ2v) is 6.35. The minimum atomic E-state index is -0.936. The zero-order valence-electron chi connectivity index (χ0n) is 14.3. The van der Waals surface area contributed by atoms with Crippen LogP contribution >= 0.6 is 11.6 Å². The van der Waals surface area contributed by atoms with Crippen LogP contribution in [0.2, 0.25) is 5.02 Å². The maximum Gasteiger partial charge on any atom is 0.319 e. The maximum absolute atomic E-state index is 13.7. The van der Waals surface area contributed by atoms with Gasteiger partial charge in [0.2, 0.25) is 0 Å². The Hall–Kier alpha value is -2.60. The number of hydrogen-bond donors (Lipinski definition) is 3. The first-order chi connectivity index (χ1) is 12.4. The van der Waals surface area contributed by atoms with E-state index in [0.717, 1.165) is 5.56 Å². The molecule has 7 heteroatoms. The van der Waals surface area contributed by atoms with Crippen molar-refractivity contribution in [3.63, 3.8) is 0 Å². The van der Waals surface area contributed by atoms with Gasteiger partial charge in [0.1, 0.15) is 5.82 Å². The van der Waals surface area contributed by atoms with Crippen molar-refractivity contribution in [2.45, 2.75) is 32.2 Å². The summed E-state index contributed by atoms with van der Waals surface area (Å²) < 4.78 is 13.7. The lowest BCUT2D eigenvalue weighted by Gasteiger charge is -2.19. The predicted octanol–water partition coefficient (Wildman–Crippen LogP) is 4.39. The van der Waals surface area contributed by atoms with Crippen molar-refractivity contribution in [2.24, 2.45) is 0 Å². The fourth-order valence-corrected chi connectivity index (χ4v) is 2.82. The zero-order valence-corrected chi connectivity index (χ0v) is 15.0. The number of hydrogen-bond acceptors (Lipinski definition) is 2. The number of amides is 2. The summed E-state index contributed by atoms with van der Waals surface area (Å²) in [4.78, 5) is 23.2. The first-order valence-corrected chi connectivity index (χ1v) is 8.52. The highest BCUT2D eigenvalue weighted by Gasteiger charge is 2.17. The van der Waals surface area contributed by atoms with Crippen molar-refractivity contribution in [2.75, 3.05) is 5.32 Å². The number of rotatable bonds is 7. The Bertz CT molecular complexity index is 784. The smallest absolute Gasteiger partial charge is 0.319 e. The highest BCUT2D eigenvalue weighted by atomic mass is 35.5. The van der Waals surface area contributed by atoms with E-state index < -0.39 is 17.8 Å². The molecule has 0 saturated carbocycles. The molecule has 5 nitrogen and oxygen atoms in total. The highest BCUT2D eigenvalue weighted by Crippen LogP contribution is 2.27.